The molecule has 76 valence electrons. The van der Waals surface area contributed by atoms with Crippen molar-refractivity contribution in [2.75, 3.05) is 11.5 Å². The predicted octanol–water partition coefficient (Wildman–Crippen LogP) is 0.438. The molecule has 0 radical (unpaired) electrons. The standard InChI is InChI=1S/C9H16O3S/c1-6-2-7-4-13(11,12)5-8(3-6)9(7)10/h6-10H,2-5H2,1H3. The summed E-state index contributed by atoms with van der Waals surface area (Å²) in [5.41, 5.74) is 0. The van der Waals surface area contributed by atoms with Gasteiger partial charge in [-0.1, -0.05) is 6.92 Å². The third kappa shape index (κ3) is 1.74. The number of hydrogen-bond acceptors (Lipinski definition) is 3. The molecule has 1 N–H and O–H groups in total. The lowest BCUT2D eigenvalue weighted by Gasteiger charge is -2.41. The van der Waals surface area contributed by atoms with E-state index in [4.69, 9.17) is 0 Å². The van der Waals surface area contributed by atoms with E-state index in [1.807, 2.05) is 0 Å². The van der Waals surface area contributed by atoms with Gasteiger partial charge >= 0.3 is 0 Å². The van der Waals surface area contributed by atoms with Gasteiger partial charge in [-0.05, 0) is 30.6 Å². The molecule has 0 aromatic heterocycles. The molecule has 2 unspecified atom stereocenters. The summed E-state index contributed by atoms with van der Waals surface area (Å²) < 4.78 is 22.8. The maximum Gasteiger partial charge on any atom is 0.151 e. The van der Waals surface area contributed by atoms with Gasteiger partial charge in [0.25, 0.3) is 0 Å². The number of hydrogen-bond donors (Lipinski definition) is 1. The fraction of sp³-hybridized carbons (Fsp3) is 1.00. The van der Waals surface area contributed by atoms with Crippen LogP contribution in [0.2, 0.25) is 0 Å². The minimum atomic E-state index is -2.86. The Labute approximate surface area is 79.1 Å². The van der Waals surface area contributed by atoms with E-state index in [0.29, 0.717) is 5.92 Å². The molecule has 2 rings (SSSR count). The highest BCUT2D eigenvalue weighted by Gasteiger charge is 2.43. The molecule has 1 saturated heterocycles. The summed E-state index contributed by atoms with van der Waals surface area (Å²) in [5, 5.41) is 9.77. The molecule has 1 saturated carbocycles. The highest BCUT2D eigenvalue weighted by Crippen LogP contribution is 2.38. The summed E-state index contributed by atoms with van der Waals surface area (Å²) in [4.78, 5) is 0. The number of fused-ring (bicyclic) bond motifs is 2. The molecule has 4 heteroatoms. The first-order valence-electron chi connectivity index (χ1n) is 4.86. The SMILES string of the molecule is CC1CC2CS(=O)(=O)CC(C1)C2O. The minimum Gasteiger partial charge on any atom is -0.392 e. The average Bonchev–Trinajstić information content (AvgIpc) is 1.94. The van der Waals surface area contributed by atoms with E-state index in [2.05, 4.69) is 6.92 Å². The van der Waals surface area contributed by atoms with Crippen LogP contribution in [-0.4, -0.2) is 31.1 Å². The maximum atomic E-state index is 11.4. The van der Waals surface area contributed by atoms with E-state index in [0.717, 1.165) is 12.8 Å². The fourth-order valence-electron chi connectivity index (χ4n) is 2.85. The number of sulfone groups is 1. The van der Waals surface area contributed by atoms with Crippen LogP contribution < -0.4 is 0 Å². The van der Waals surface area contributed by atoms with Crippen LogP contribution in [0.3, 0.4) is 0 Å². The van der Waals surface area contributed by atoms with Crippen molar-refractivity contribution in [2.45, 2.75) is 25.9 Å². The summed E-state index contributed by atoms with van der Waals surface area (Å²) in [6, 6.07) is 0. The molecule has 3 nitrogen and oxygen atoms in total. The van der Waals surface area contributed by atoms with Crippen molar-refractivity contribution in [1.29, 1.82) is 0 Å². The average molecular weight is 204 g/mol. The summed E-state index contributed by atoms with van der Waals surface area (Å²) >= 11 is 0. The van der Waals surface area contributed by atoms with Gasteiger partial charge in [0.05, 0.1) is 17.6 Å². The third-order valence-electron chi connectivity index (χ3n) is 3.31. The summed E-state index contributed by atoms with van der Waals surface area (Å²) in [7, 11) is -2.86. The van der Waals surface area contributed by atoms with Crippen LogP contribution in [0.15, 0.2) is 0 Å². The molecule has 1 aliphatic heterocycles. The van der Waals surface area contributed by atoms with Crippen LogP contribution >= 0.6 is 0 Å². The van der Waals surface area contributed by atoms with Gasteiger partial charge in [-0.25, -0.2) is 8.42 Å². The number of aliphatic hydroxyl groups is 1. The van der Waals surface area contributed by atoms with Gasteiger partial charge in [0.2, 0.25) is 0 Å². The Morgan fingerprint density at radius 1 is 1.15 bits per heavy atom. The minimum absolute atomic E-state index is 0.00694. The zero-order valence-electron chi connectivity index (χ0n) is 7.81. The first kappa shape index (κ1) is 9.46. The second kappa shape index (κ2) is 2.95. The topological polar surface area (TPSA) is 54.4 Å². The van der Waals surface area contributed by atoms with Crippen LogP contribution in [0.5, 0.6) is 0 Å². The predicted molar refractivity (Wildman–Crippen MR) is 50.0 cm³/mol. The van der Waals surface area contributed by atoms with E-state index in [-0.39, 0.29) is 29.4 Å². The highest BCUT2D eigenvalue weighted by atomic mass is 32.2. The quantitative estimate of drug-likeness (QED) is 0.623. The zero-order chi connectivity index (χ0) is 9.64. The van der Waals surface area contributed by atoms with Crippen molar-refractivity contribution in [3.05, 3.63) is 0 Å². The van der Waals surface area contributed by atoms with Crippen molar-refractivity contribution in [3.8, 4) is 0 Å². The van der Waals surface area contributed by atoms with Crippen molar-refractivity contribution in [1.82, 2.24) is 0 Å². The molecule has 2 aliphatic rings. The lowest BCUT2D eigenvalue weighted by molar-refractivity contribution is 0.0118. The van der Waals surface area contributed by atoms with Crippen molar-refractivity contribution in [3.63, 3.8) is 0 Å². The molecule has 1 heterocycles. The lowest BCUT2D eigenvalue weighted by atomic mass is 9.75. The van der Waals surface area contributed by atoms with Crippen LogP contribution in [-0.2, 0) is 9.84 Å². The van der Waals surface area contributed by atoms with Crippen LogP contribution in [0.1, 0.15) is 19.8 Å². The van der Waals surface area contributed by atoms with E-state index in [9.17, 15) is 13.5 Å². The van der Waals surface area contributed by atoms with Gasteiger partial charge in [-0.2, -0.15) is 0 Å². The van der Waals surface area contributed by atoms with Gasteiger partial charge < -0.3 is 5.11 Å². The Kier molecular flexibility index (Phi) is 2.15. The molecule has 2 atom stereocenters. The molecular formula is C9H16O3S. The van der Waals surface area contributed by atoms with Gasteiger partial charge in [0.1, 0.15) is 0 Å². The Bertz CT molecular complexity index is 274. The Morgan fingerprint density at radius 3 is 2.08 bits per heavy atom. The second-order valence-electron chi connectivity index (χ2n) is 4.66. The molecule has 2 fully saturated rings. The van der Waals surface area contributed by atoms with E-state index in [1.165, 1.54) is 0 Å². The highest BCUT2D eigenvalue weighted by molar-refractivity contribution is 7.91. The Hall–Kier alpha value is -0.0900. The summed E-state index contributed by atoms with van der Waals surface area (Å²) in [6.45, 7) is 2.14. The summed E-state index contributed by atoms with van der Waals surface area (Å²) in [6.07, 6.45) is 1.38. The summed E-state index contributed by atoms with van der Waals surface area (Å²) in [5.74, 6) is 0.998. The van der Waals surface area contributed by atoms with Crippen molar-refractivity contribution >= 4 is 9.84 Å². The number of rotatable bonds is 0. The van der Waals surface area contributed by atoms with Crippen LogP contribution in [0.4, 0.5) is 0 Å². The van der Waals surface area contributed by atoms with E-state index >= 15 is 0 Å². The lowest BCUT2D eigenvalue weighted by Crippen LogP contribution is -2.48. The molecule has 0 amide bonds. The van der Waals surface area contributed by atoms with Crippen molar-refractivity contribution in [2.24, 2.45) is 17.8 Å². The molecule has 1 aliphatic carbocycles. The first-order chi connectivity index (χ1) is 5.98. The second-order valence-corrected chi connectivity index (χ2v) is 6.82. The molecular weight excluding hydrogens is 188 g/mol. The van der Waals surface area contributed by atoms with Crippen LogP contribution in [0.25, 0.3) is 0 Å². The molecule has 0 aromatic rings. The van der Waals surface area contributed by atoms with Gasteiger partial charge in [-0.3, -0.25) is 0 Å². The maximum absolute atomic E-state index is 11.4. The van der Waals surface area contributed by atoms with E-state index in [1.54, 1.807) is 0 Å². The van der Waals surface area contributed by atoms with Gasteiger partial charge in [-0.15, -0.1) is 0 Å². The van der Waals surface area contributed by atoms with Gasteiger partial charge in [0, 0.05) is 0 Å². The van der Waals surface area contributed by atoms with Crippen molar-refractivity contribution < 1.29 is 13.5 Å². The smallest absolute Gasteiger partial charge is 0.151 e. The molecule has 13 heavy (non-hydrogen) atoms. The largest absolute Gasteiger partial charge is 0.392 e. The number of aliphatic hydroxyl groups excluding tert-OH is 1. The van der Waals surface area contributed by atoms with E-state index < -0.39 is 9.84 Å². The molecule has 0 spiro atoms. The van der Waals surface area contributed by atoms with Crippen LogP contribution in [0, 0.1) is 17.8 Å². The Balaban J connectivity index is 2.23. The Morgan fingerprint density at radius 2 is 1.62 bits per heavy atom. The normalized spacial score (nSPS) is 48.8. The first-order valence-corrected chi connectivity index (χ1v) is 6.68. The van der Waals surface area contributed by atoms with Gasteiger partial charge in [0.15, 0.2) is 9.84 Å². The zero-order valence-corrected chi connectivity index (χ0v) is 8.63. The fourth-order valence-corrected chi connectivity index (χ4v) is 4.95. The monoisotopic (exact) mass is 204 g/mol. The molecule has 2 bridgehead atoms. The third-order valence-corrected chi connectivity index (χ3v) is 5.18. The molecule has 0 aromatic carbocycles.